The maximum atomic E-state index is 11.0. The molecule has 4 nitrogen and oxygen atoms in total. The molecule has 4 N–H and O–H groups in total. The molecule has 25 heavy (non-hydrogen) atoms. The Morgan fingerprint density at radius 3 is 2.36 bits per heavy atom. The Bertz CT molecular complexity index is 599. The van der Waals surface area contributed by atoms with E-state index in [0.29, 0.717) is 24.7 Å². The lowest BCUT2D eigenvalue weighted by atomic mass is 9.43. The van der Waals surface area contributed by atoms with Crippen molar-refractivity contribution in [3.05, 3.63) is 0 Å². The number of fused-ring (bicyclic) bond motifs is 5. The lowest BCUT2D eigenvalue weighted by Gasteiger charge is -2.62. The average molecular weight is 348 g/mol. The Morgan fingerprint density at radius 2 is 1.68 bits per heavy atom. The third kappa shape index (κ3) is 2.10. The van der Waals surface area contributed by atoms with Gasteiger partial charge in [-0.05, 0) is 74.0 Å². The van der Waals surface area contributed by atoms with E-state index < -0.39 is 23.2 Å². The van der Waals surface area contributed by atoms with Gasteiger partial charge in [0.25, 0.3) is 0 Å². The fraction of sp³-hybridized carbons (Fsp3) is 0.905. The molecule has 0 aliphatic heterocycles. The summed E-state index contributed by atoms with van der Waals surface area (Å²) in [5.41, 5.74) is -1.91. The van der Waals surface area contributed by atoms with Crippen molar-refractivity contribution >= 4 is 0 Å². The summed E-state index contributed by atoms with van der Waals surface area (Å²) in [4.78, 5) is 0. The molecular formula is C21H32O4. The van der Waals surface area contributed by atoms with Crippen LogP contribution in [0.2, 0.25) is 0 Å². The first-order chi connectivity index (χ1) is 11.7. The highest BCUT2D eigenvalue weighted by Crippen LogP contribution is 2.68. The maximum Gasteiger partial charge on any atom is 0.156 e. The number of hydrogen-bond donors (Lipinski definition) is 4. The second-order valence-electron chi connectivity index (χ2n) is 9.84. The molecule has 4 aliphatic rings. The van der Waals surface area contributed by atoms with Gasteiger partial charge in [-0.2, -0.15) is 0 Å². The zero-order valence-electron chi connectivity index (χ0n) is 15.4. The van der Waals surface area contributed by atoms with Crippen molar-refractivity contribution in [2.75, 3.05) is 0 Å². The summed E-state index contributed by atoms with van der Waals surface area (Å²) >= 11 is 0. The molecule has 0 radical (unpaired) electrons. The van der Waals surface area contributed by atoms with Gasteiger partial charge in [-0.25, -0.2) is 0 Å². The zero-order valence-corrected chi connectivity index (χ0v) is 15.4. The Hall–Kier alpha value is -0.600. The number of aliphatic hydroxyl groups is 4. The van der Waals surface area contributed by atoms with Gasteiger partial charge < -0.3 is 20.4 Å². The van der Waals surface area contributed by atoms with E-state index in [1.165, 1.54) is 0 Å². The molecule has 0 aromatic carbocycles. The van der Waals surface area contributed by atoms with Gasteiger partial charge in [0.05, 0.1) is 18.3 Å². The van der Waals surface area contributed by atoms with Crippen LogP contribution in [0.5, 0.6) is 0 Å². The summed E-state index contributed by atoms with van der Waals surface area (Å²) in [5, 5.41) is 42.7. The average Bonchev–Trinajstić information content (AvgIpc) is 2.77. The number of hydrogen-bond acceptors (Lipinski definition) is 4. The molecule has 4 heteroatoms. The van der Waals surface area contributed by atoms with Crippen LogP contribution in [0.4, 0.5) is 0 Å². The van der Waals surface area contributed by atoms with E-state index >= 15 is 0 Å². The first-order valence-corrected chi connectivity index (χ1v) is 9.91. The highest BCUT2D eigenvalue weighted by molar-refractivity contribution is 5.27. The van der Waals surface area contributed by atoms with Crippen LogP contribution in [0.15, 0.2) is 0 Å². The van der Waals surface area contributed by atoms with Gasteiger partial charge in [0.1, 0.15) is 0 Å². The summed E-state index contributed by atoms with van der Waals surface area (Å²) in [5.74, 6) is 3.35. The molecule has 0 bridgehead atoms. The van der Waals surface area contributed by atoms with Crippen LogP contribution >= 0.6 is 0 Å². The standard InChI is InChI=1S/C21H32O4/c1-4-21(25)17(24)11-15-18-14(6-8-20(15,21)3)19(2)7-5-13(22)9-12(19)10-16(18)23/h1,12-18,22-25H,5-11H2,2-3H3/t12?,13-,14-,15-,16-,17+,18+,19-,20-,21-/m0/s1. The van der Waals surface area contributed by atoms with Crippen molar-refractivity contribution in [1.82, 2.24) is 0 Å². The largest absolute Gasteiger partial charge is 0.393 e. The molecule has 4 saturated carbocycles. The van der Waals surface area contributed by atoms with Crippen molar-refractivity contribution in [2.45, 2.75) is 82.7 Å². The fourth-order valence-corrected chi connectivity index (χ4v) is 7.49. The topological polar surface area (TPSA) is 80.9 Å². The normalized spacial score (nSPS) is 60.9. The molecule has 0 amide bonds. The first kappa shape index (κ1) is 17.8. The monoisotopic (exact) mass is 348 g/mol. The van der Waals surface area contributed by atoms with Crippen LogP contribution in [-0.2, 0) is 0 Å². The fourth-order valence-electron chi connectivity index (χ4n) is 7.49. The predicted octanol–water partition coefficient (Wildman–Crippen LogP) is 1.70. The van der Waals surface area contributed by atoms with Gasteiger partial charge in [-0.1, -0.05) is 19.8 Å². The maximum absolute atomic E-state index is 11.0. The molecular weight excluding hydrogens is 316 g/mol. The van der Waals surface area contributed by atoms with Crippen molar-refractivity contribution in [3.8, 4) is 12.3 Å². The molecule has 140 valence electrons. The van der Waals surface area contributed by atoms with Crippen LogP contribution in [0.3, 0.4) is 0 Å². The van der Waals surface area contributed by atoms with E-state index in [4.69, 9.17) is 6.42 Å². The van der Waals surface area contributed by atoms with E-state index in [1.54, 1.807) is 0 Å². The molecule has 0 spiro atoms. The van der Waals surface area contributed by atoms with Crippen LogP contribution in [0.1, 0.15) is 58.8 Å². The van der Waals surface area contributed by atoms with Crippen LogP contribution in [0, 0.1) is 46.8 Å². The first-order valence-electron chi connectivity index (χ1n) is 9.91. The van der Waals surface area contributed by atoms with Crippen LogP contribution in [-0.4, -0.2) is 44.3 Å². The van der Waals surface area contributed by atoms with Crippen molar-refractivity contribution < 1.29 is 20.4 Å². The number of aliphatic hydroxyl groups excluding tert-OH is 3. The van der Waals surface area contributed by atoms with Gasteiger partial charge in [0.15, 0.2) is 5.60 Å². The highest BCUT2D eigenvalue weighted by atomic mass is 16.3. The van der Waals surface area contributed by atoms with Gasteiger partial charge in [-0.15, -0.1) is 6.42 Å². The molecule has 10 atom stereocenters. The highest BCUT2D eigenvalue weighted by Gasteiger charge is 2.68. The molecule has 0 saturated heterocycles. The zero-order chi connectivity index (χ0) is 18.2. The van der Waals surface area contributed by atoms with Crippen LogP contribution < -0.4 is 0 Å². The third-order valence-corrected chi connectivity index (χ3v) is 9.10. The van der Waals surface area contributed by atoms with Crippen molar-refractivity contribution in [3.63, 3.8) is 0 Å². The Balaban J connectivity index is 1.72. The lowest BCUT2D eigenvalue weighted by Crippen LogP contribution is -2.60. The van der Waals surface area contributed by atoms with Crippen LogP contribution in [0.25, 0.3) is 0 Å². The van der Waals surface area contributed by atoms with E-state index in [1.807, 2.05) is 6.92 Å². The predicted molar refractivity (Wildman–Crippen MR) is 94.3 cm³/mol. The molecule has 4 aliphatic carbocycles. The van der Waals surface area contributed by atoms with Gasteiger partial charge in [0.2, 0.25) is 0 Å². The minimum Gasteiger partial charge on any atom is -0.393 e. The van der Waals surface area contributed by atoms with Gasteiger partial charge in [0, 0.05) is 5.41 Å². The third-order valence-electron chi connectivity index (χ3n) is 9.10. The molecule has 0 aromatic heterocycles. The number of rotatable bonds is 0. The molecule has 4 rings (SSSR count). The molecule has 0 aromatic rings. The number of terminal acetylenes is 1. The minimum atomic E-state index is -1.50. The lowest BCUT2D eigenvalue weighted by molar-refractivity contribution is -0.186. The molecule has 0 heterocycles. The Morgan fingerprint density at radius 1 is 0.960 bits per heavy atom. The summed E-state index contributed by atoms with van der Waals surface area (Å²) in [7, 11) is 0. The summed E-state index contributed by atoms with van der Waals surface area (Å²) in [6, 6.07) is 0. The van der Waals surface area contributed by atoms with Gasteiger partial charge >= 0.3 is 0 Å². The smallest absolute Gasteiger partial charge is 0.156 e. The van der Waals surface area contributed by atoms with E-state index in [2.05, 4.69) is 12.8 Å². The second kappa shape index (κ2) is 5.45. The van der Waals surface area contributed by atoms with E-state index in [0.717, 1.165) is 32.1 Å². The molecule has 4 fully saturated rings. The second-order valence-corrected chi connectivity index (χ2v) is 9.84. The molecule has 1 unspecified atom stereocenters. The summed E-state index contributed by atoms with van der Waals surface area (Å²) < 4.78 is 0. The summed E-state index contributed by atoms with van der Waals surface area (Å²) in [6.45, 7) is 4.35. The Kier molecular flexibility index (Phi) is 3.88. The van der Waals surface area contributed by atoms with Crippen molar-refractivity contribution in [2.24, 2.45) is 34.5 Å². The quantitative estimate of drug-likeness (QED) is 0.502. The van der Waals surface area contributed by atoms with E-state index in [-0.39, 0.29) is 23.4 Å². The Labute approximate surface area is 150 Å². The van der Waals surface area contributed by atoms with Gasteiger partial charge in [-0.3, -0.25) is 0 Å². The van der Waals surface area contributed by atoms with Crippen molar-refractivity contribution in [1.29, 1.82) is 0 Å². The SMILES string of the molecule is C#C[C@]1(O)[C@H](O)C[C@H]2[C@@H]3[C@@H](O)CC4C[C@@H](O)CC[C@]4(C)[C@H]3CC[C@@]21C. The minimum absolute atomic E-state index is 0.0434. The summed E-state index contributed by atoms with van der Waals surface area (Å²) in [6.07, 6.45) is 9.57. The van der Waals surface area contributed by atoms with E-state index in [9.17, 15) is 20.4 Å².